The Morgan fingerprint density at radius 2 is 1.45 bits per heavy atom. The van der Waals surface area contributed by atoms with Crippen molar-refractivity contribution in [3.63, 3.8) is 0 Å². The molecular formula is C16H28N6O8S. The van der Waals surface area contributed by atoms with E-state index in [9.17, 15) is 33.9 Å². The van der Waals surface area contributed by atoms with Crippen molar-refractivity contribution < 1.29 is 39.0 Å². The smallest absolute Gasteiger partial charge is 0.327 e. The summed E-state index contributed by atoms with van der Waals surface area (Å²) in [5.41, 5.74) is 15.5. The van der Waals surface area contributed by atoms with E-state index in [1.807, 2.05) is 0 Å². The van der Waals surface area contributed by atoms with Gasteiger partial charge >= 0.3 is 5.97 Å². The SMILES string of the molecule is CC(O)C(NC(=O)C(CCC(N)=O)NC(=O)C(N)CC(N)=O)C(=O)NC(CS)C(=O)O. The predicted octanol–water partition coefficient (Wildman–Crippen LogP) is -4.70. The summed E-state index contributed by atoms with van der Waals surface area (Å²) >= 11 is 3.80. The van der Waals surface area contributed by atoms with Crippen LogP contribution in [0.4, 0.5) is 0 Å². The Labute approximate surface area is 183 Å². The highest BCUT2D eigenvalue weighted by molar-refractivity contribution is 7.80. The van der Waals surface area contributed by atoms with Crippen molar-refractivity contribution in [2.75, 3.05) is 5.75 Å². The van der Waals surface area contributed by atoms with E-state index in [0.29, 0.717) is 0 Å². The number of nitrogens with one attached hydrogen (secondary N) is 3. The minimum atomic E-state index is -1.60. The molecule has 0 saturated carbocycles. The molecule has 0 saturated heterocycles. The van der Waals surface area contributed by atoms with Crippen LogP contribution >= 0.6 is 12.6 Å². The fourth-order valence-electron chi connectivity index (χ4n) is 2.25. The molecule has 15 heteroatoms. The van der Waals surface area contributed by atoms with Crippen LogP contribution in [0.2, 0.25) is 0 Å². The number of hydrogen-bond acceptors (Lipinski definition) is 9. The Morgan fingerprint density at radius 3 is 1.87 bits per heavy atom. The fraction of sp³-hybridized carbons (Fsp3) is 0.625. The number of carbonyl (C=O) groups excluding carboxylic acids is 5. The number of carboxylic acids is 1. The molecule has 0 spiro atoms. The first-order valence-corrected chi connectivity index (χ1v) is 9.68. The number of amides is 5. The van der Waals surface area contributed by atoms with Crippen molar-refractivity contribution in [3.05, 3.63) is 0 Å². The lowest BCUT2D eigenvalue weighted by Crippen LogP contribution is -2.60. The summed E-state index contributed by atoms with van der Waals surface area (Å²) in [5.74, 6) is -6.21. The molecule has 5 amide bonds. The zero-order chi connectivity index (χ0) is 24.3. The average molecular weight is 465 g/mol. The molecule has 0 bridgehead atoms. The third kappa shape index (κ3) is 10.6. The third-order valence-electron chi connectivity index (χ3n) is 3.93. The van der Waals surface area contributed by atoms with E-state index in [2.05, 4.69) is 28.6 Å². The number of rotatable bonds is 14. The van der Waals surface area contributed by atoms with Gasteiger partial charge in [0.1, 0.15) is 18.1 Å². The molecule has 5 atom stereocenters. The van der Waals surface area contributed by atoms with Gasteiger partial charge in [0.25, 0.3) is 0 Å². The highest BCUT2D eigenvalue weighted by Crippen LogP contribution is 2.03. The van der Waals surface area contributed by atoms with Crippen molar-refractivity contribution in [1.29, 1.82) is 0 Å². The van der Waals surface area contributed by atoms with Gasteiger partial charge in [-0.2, -0.15) is 12.6 Å². The molecule has 0 aromatic heterocycles. The molecule has 5 unspecified atom stereocenters. The first-order chi connectivity index (χ1) is 14.3. The maximum Gasteiger partial charge on any atom is 0.327 e. The molecule has 0 aromatic carbocycles. The van der Waals surface area contributed by atoms with Crippen molar-refractivity contribution in [3.8, 4) is 0 Å². The number of nitrogens with two attached hydrogens (primary N) is 3. The number of hydrogen-bond donors (Lipinski definition) is 9. The van der Waals surface area contributed by atoms with Crippen LogP contribution in [0.1, 0.15) is 26.2 Å². The number of primary amides is 2. The summed E-state index contributed by atoms with van der Waals surface area (Å²) in [6, 6.07) is -5.76. The molecule has 31 heavy (non-hydrogen) atoms. The van der Waals surface area contributed by atoms with Gasteiger partial charge in [-0.3, -0.25) is 24.0 Å². The summed E-state index contributed by atoms with van der Waals surface area (Å²) in [7, 11) is 0. The number of aliphatic hydroxyl groups is 1. The van der Waals surface area contributed by atoms with E-state index < -0.39 is 72.2 Å². The number of carbonyl (C=O) groups is 6. The van der Waals surface area contributed by atoms with E-state index in [0.717, 1.165) is 0 Å². The maximum atomic E-state index is 12.6. The summed E-state index contributed by atoms with van der Waals surface area (Å²) in [4.78, 5) is 70.1. The van der Waals surface area contributed by atoms with Gasteiger partial charge < -0.3 is 43.4 Å². The lowest BCUT2D eigenvalue weighted by atomic mass is 10.1. The highest BCUT2D eigenvalue weighted by Gasteiger charge is 2.32. The first-order valence-electron chi connectivity index (χ1n) is 9.05. The van der Waals surface area contributed by atoms with Crippen LogP contribution in [-0.2, 0) is 28.8 Å². The standard InChI is InChI=1S/C16H28N6O8S/c1-6(23)12(15(28)21-9(5-31)16(29)30)22-14(27)8(2-3-10(18)24)20-13(26)7(17)4-11(19)25/h6-9,12,23,31H,2-5,17H2,1H3,(H2,18,24)(H2,19,25)(H,20,26)(H,21,28)(H,22,27)(H,29,30). The molecule has 0 rings (SSSR count). The van der Waals surface area contributed by atoms with Crippen LogP contribution in [0.15, 0.2) is 0 Å². The molecule has 0 aliphatic carbocycles. The molecule has 0 fully saturated rings. The highest BCUT2D eigenvalue weighted by atomic mass is 32.1. The van der Waals surface area contributed by atoms with E-state index in [-0.39, 0.29) is 18.6 Å². The van der Waals surface area contributed by atoms with Gasteiger partial charge in [-0.15, -0.1) is 0 Å². The van der Waals surface area contributed by atoms with Crippen LogP contribution in [0.25, 0.3) is 0 Å². The molecule has 14 nitrogen and oxygen atoms in total. The second-order valence-corrected chi connectivity index (χ2v) is 7.02. The lowest BCUT2D eigenvalue weighted by Gasteiger charge is -2.26. The Bertz CT molecular complexity index is 704. The Kier molecular flexibility index (Phi) is 12.1. The third-order valence-corrected chi connectivity index (χ3v) is 4.30. The lowest BCUT2D eigenvalue weighted by molar-refractivity contribution is -0.142. The van der Waals surface area contributed by atoms with Gasteiger partial charge in [0, 0.05) is 12.2 Å². The van der Waals surface area contributed by atoms with Gasteiger partial charge in [0.2, 0.25) is 29.5 Å². The fourth-order valence-corrected chi connectivity index (χ4v) is 2.50. The quantitative estimate of drug-likeness (QED) is 0.112. The monoisotopic (exact) mass is 464 g/mol. The van der Waals surface area contributed by atoms with E-state index in [1.165, 1.54) is 6.92 Å². The van der Waals surface area contributed by atoms with E-state index in [4.69, 9.17) is 22.3 Å². The Balaban J connectivity index is 5.42. The summed E-state index contributed by atoms with van der Waals surface area (Å²) in [5, 5.41) is 25.3. The largest absolute Gasteiger partial charge is 0.480 e. The van der Waals surface area contributed by atoms with Crippen molar-refractivity contribution in [2.24, 2.45) is 17.2 Å². The van der Waals surface area contributed by atoms with Gasteiger partial charge in [-0.05, 0) is 13.3 Å². The predicted molar refractivity (Wildman–Crippen MR) is 109 cm³/mol. The van der Waals surface area contributed by atoms with Gasteiger partial charge in [-0.1, -0.05) is 0 Å². The first kappa shape index (κ1) is 28.1. The topological polar surface area (TPSA) is 257 Å². The summed E-state index contributed by atoms with van der Waals surface area (Å²) in [6.07, 6.45) is -2.56. The normalized spacial score (nSPS) is 15.5. The zero-order valence-corrected chi connectivity index (χ0v) is 17.6. The van der Waals surface area contributed by atoms with Gasteiger partial charge in [0.05, 0.1) is 18.6 Å². The number of aliphatic carboxylic acids is 1. The molecule has 11 N–H and O–H groups in total. The number of aliphatic hydroxyl groups excluding tert-OH is 1. The average Bonchev–Trinajstić information content (AvgIpc) is 2.65. The van der Waals surface area contributed by atoms with Crippen LogP contribution in [0.5, 0.6) is 0 Å². The van der Waals surface area contributed by atoms with Crippen LogP contribution in [0, 0.1) is 0 Å². The zero-order valence-electron chi connectivity index (χ0n) is 16.7. The van der Waals surface area contributed by atoms with Crippen molar-refractivity contribution in [1.82, 2.24) is 16.0 Å². The van der Waals surface area contributed by atoms with Crippen LogP contribution < -0.4 is 33.2 Å². The Hall–Kier alpha value is -2.91. The van der Waals surface area contributed by atoms with Crippen molar-refractivity contribution >= 4 is 48.1 Å². The summed E-state index contributed by atoms with van der Waals surface area (Å²) < 4.78 is 0. The number of thiol groups is 1. The molecule has 0 aliphatic heterocycles. The second kappa shape index (κ2) is 13.4. The molecule has 0 aliphatic rings. The minimum Gasteiger partial charge on any atom is -0.480 e. The van der Waals surface area contributed by atoms with E-state index in [1.54, 1.807) is 0 Å². The van der Waals surface area contributed by atoms with E-state index >= 15 is 0 Å². The maximum absolute atomic E-state index is 12.6. The summed E-state index contributed by atoms with van der Waals surface area (Å²) in [6.45, 7) is 1.17. The molecule has 0 heterocycles. The minimum absolute atomic E-state index is 0.253. The second-order valence-electron chi connectivity index (χ2n) is 6.65. The van der Waals surface area contributed by atoms with Crippen LogP contribution in [-0.4, -0.2) is 81.7 Å². The van der Waals surface area contributed by atoms with Gasteiger partial charge in [0.15, 0.2) is 0 Å². The molecule has 0 radical (unpaired) electrons. The molecular weight excluding hydrogens is 436 g/mol. The van der Waals surface area contributed by atoms with Gasteiger partial charge in [-0.25, -0.2) is 4.79 Å². The Morgan fingerprint density at radius 1 is 0.903 bits per heavy atom. The molecule has 176 valence electrons. The molecule has 0 aromatic rings. The number of carboxylic acid groups (broad SMARTS) is 1. The van der Waals surface area contributed by atoms with Crippen molar-refractivity contribution in [2.45, 2.75) is 56.5 Å². The van der Waals surface area contributed by atoms with Crippen LogP contribution in [0.3, 0.4) is 0 Å².